The molecule has 0 aliphatic rings. The predicted octanol–water partition coefficient (Wildman–Crippen LogP) is 0.992. The average molecular weight is 286 g/mol. The van der Waals surface area contributed by atoms with Crippen LogP contribution in [0.15, 0.2) is 30.3 Å². The van der Waals surface area contributed by atoms with Gasteiger partial charge >= 0.3 is 0 Å². The van der Waals surface area contributed by atoms with Crippen molar-refractivity contribution in [1.82, 2.24) is 0 Å². The largest absolute Gasteiger partial charge is 1.00 e. The quantitative estimate of drug-likeness (QED) is 0.393. The van der Waals surface area contributed by atoms with Gasteiger partial charge in [-0.05, 0) is 13.3 Å². The van der Waals surface area contributed by atoms with Crippen molar-refractivity contribution in [2.45, 2.75) is 39.3 Å². The Kier molecular flexibility index (Phi) is 9.07. The number of ether oxygens (including phenoxy) is 1. The number of hydrogen-bond donors (Lipinski definition) is 0. The fourth-order valence-corrected chi connectivity index (χ4v) is 2.03. The van der Waals surface area contributed by atoms with Crippen LogP contribution in [0.5, 0.6) is 0 Å². The summed E-state index contributed by atoms with van der Waals surface area (Å²) >= 11 is 0. The molecule has 0 saturated heterocycles. The molecule has 0 N–H and O–H groups in total. The van der Waals surface area contributed by atoms with Crippen molar-refractivity contribution < 1.29 is 21.6 Å². The van der Waals surface area contributed by atoms with Crippen LogP contribution in [-0.4, -0.2) is 31.7 Å². The molecule has 110 valence electrons. The van der Waals surface area contributed by atoms with Gasteiger partial charge in [-0.1, -0.05) is 50.1 Å². The molecule has 0 spiro atoms. The van der Waals surface area contributed by atoms with Crippen molar-refractivity contribution in [1.29, 1.82) is 0 Å². The molecule has 0 radical (unpaired) electrons. The van der Waals surface area contributed by atoms with E-state index >= 15 is 0 Å². The fraction of sp³-hybridized carbons (Fsp3) is 0.625. The first-order chi connectivity index (χ1) is 8.61. The lowest BCUT2D eigenvalue weighted by Gasteiger charge is -2.36. The molecule has 0 aliphatic carbocycles. The third-order valence-corrected chi connectivity index (χ3v) is 3.56. The highest BCUT2D eigenvalue weighted by atomic mass is 35.5. The molecule has 1 aromatic rings. The lowest BCUT2D eigenvalue weighted by molar-refractivity contribution is -0.943. The van der Waals surface area contributed by atoms with Crippen LogP contribution in [-0.2, 0) is 4.74 Å². The molecular weight excluding hydrogens is 258 g/mol. The van der Waals surface area contributed by atoms with Crippen LogP contribution in [0.2, 0.25) is 0 Å². The van der Waals surface area contributed by atoms with Gasteiger partial charge in [0.15, 0.2) is 0 Å². The fourth-order valence-electron chi connectivity index (χ4n) is 2.03. The van der Waals surface area contributed by atoms with Crippen molar-refractivity contribution in [3.63, 3.8) is 0 Å². The molecule has 0 aromatic heterocycles. The summed E-state index contributed by atoms with van der Waals surface area (Å²) in [5, 5.41) is 0. The molecular formula is C16H28ClNO. The minimum absolute atomic E-state index is 0. The topological polar surface area (TPSA) is 9.23 Å². The van der Waals surface area contributed by atoms with Crippen LogP contribution in [0.3, 0.4) is 0 Å². The SMILES string of the molecule is CCCCCOC(c1ccccc1)[N+](C)(C)CC.[Cl-]. The number of rotatable bonds is 8. The maximum absolute atomic E-state index is 6.16. The summed E-state index contributed by atoms with van der Waals surface area (Å²) in [5.41, 5.74) is 1.28. The Labute approximate surface area is 124 Å². The van der Waals surface area contributed by atoms with Gasteiger partial charge in [0.05, 0.1) is 27.2 Å². The average Bonchev–Trinajstić information content (AvgIpc) is 2.39. The number of unbranched alkanes of at least 4 members (excludes halogenated alkanes) is 2. The summed E-state index contributed by atoms with van der Waals surface area (Å²) in [6, 6.07) is 10.6. The Morgan fingerprint density at radius 3 is 2.21 bits per heavy atom. The van der Waals surface area contributed by atoms with E-state index in [9.17, 15) is 0 Å². The summed E-state index contributed by atoms with van der Waals surface area (Å²) in [7, 11) is 4.47. The van der Waals surface area contributed by atoms with Gasteiger partial charge in [0.2, 0.25) is 6.23 Å². The Hall–Kier alpha value is -0.570. The maximum Gasteiger partial charge on any atom is 0.219 e. The van der Waals surface area contributed by atoms with E-state index in [1.54, 1.807) is 0 Å². The first-order valence-corrected chi connectivity index (χ1v) is 7.11. The monoisotopic (exact) mass is 285 g/mol. The highest BCUT2D eigenvalue weighted by Gasteiger charge is 2.28. The van der Waals surface area contributed by atoms with Gasteiger partial charge in [-0.25, -0.2) is 0 Å². The first-order valence-electron chi connectivity index (χ1n) is 7.11. The third-order valence-electron chi connectivity index (χ3n) is 3.56. The van der Waals surface area contributed by atoms with Crippen molar-refractivity contribution in [3.8, 4) is 0 Å². The minimum Gasteiger partial charge on any atom is -1.00 e. The lowest BCUT2D eigenvalue weighted by atomic mass is 10.1. The second kappa shape index (κ2) is 9.35. The van der Waals surface area contributed by atoms with E-state index in [2.05, 4.69) is 58.3 Å². The number of hydrogen-bond acceptors (Lipinski definition) is 1. The van der Waals surface area contributed by atoms with Crippen LogP contribution >= 0.6 is 0 Å². The van der Waals surface area contributed by atoms with E-state index in [4.69, 9.17) is 4.74 Å². The van der Waals surface area contributed by atoms with Gasteiger partial charge < -0.3 is 17.1 Å². The Morgan fingerprint density at radius 2 is 1.68 bits per heavy atom. The van der Waals surface area contributed by atoms with Gasteiger partial charge in [-0.2, -0.15) is 0 Å². The molecule has 0 heterocycles. The summed E-state index contributed by atoms with van der Waals surface area (Å²) in [4.78, 5) is 0. The van der Waals surface area contributed by atoms with E-state index in [0.29, 0.717) is 0 Å². The van der Waals surface area contributed by atoms with E-state index in [-0.39, 0.29) is 18.6 Å². The Bertz CT molecular complexity index is 327. The van der Waals surface area contributed by atoms with Crippen LogP contribution in [0, 0.1) is 0 Å². The second-order valence-electron chi connectivity index (χ2n) is 5.44. The van der Waals surface area contributed by atoms with Crippen LogP contribution in [0.1, 0.15) is 44.9 Å². The molecule has 0 amide bonds. The van der Waals surface area contributed by atoms with Gasteiger partial charge in [-0.3, -0.25) is 4.48 Å². The van der Waals surface area contributed by atoms with Crippen molar-refractivity contribution in [3.05, 3.63) is 35.9 Å². The molecule has 2 nitrogen and oxygen atoms in total. The lowest BCUT2D eigenvalue weighted by Crippen LogP contribution is -3.00. The Balaban J connectivity index is 0.00000324. The molecule has 0 aliphatic heterocycles. The predicted molar refractivity (Wildman–Crippen MR) is 77.3 cm³/mol. The number of halogens is 1. The smallest absolute Gasteiger partial charge is 0.219 e. The molecule has 1 rings (SSSR count). The molecule has 1 atom stereocenters. The van der Waals surface area contributed by atoms with Gasteiger partial charge in [0, 0.05) is 5.56 Å². The number of benzene rings is 1. The molecule has 3 heteroatoms. The van der Waals surface area contributed by atoms with Gasteiger partial charge in [0.25, 0.3) is 0 Å². The molecule has 19 heavy (non-hydrogen) atoms. The summed E-state index contributed by atoms with van der Waals surface area (Å²) in [5.74, 6) is 0. The van der Waals surface area contributed by atoms with Gasteiger partial charge in [-0.15, -0.1) is 0 Å². The number of quaternary nitrogens is 1. The van der Waals surface area contributed by atoms with Crippen LogP contribution in [0.4, 0.5) is 0 Å². The zero-order valence-corrected chi connectivity index (χ0v) is 13.5. The Morgan fingerprint density at radius 1 is 1.05 bits per heavy atom. The first kappa shape index (κ1) is 18.4. The summed E-state index contributed by atoms with van der Waals surface area (Å²) in [6.45, 7) is 6.36. The highest BCUT2D eigenvalue weighted by molar-refractivity contribution is 5.15. The summed E-state index contributed by atoms with van der Waals surface area (Å²) in [6.07, 6.45) is 3.80. The minimum atomic E-state index is 0. The molecule has 0 fully saturated rings. The zero-order chi connectivity index (χ0) is 13.4. The van der Waals surface area contributed by atoms with Crippen molar-refractivity contribution >= 4 is 0 Å². The van der Waals surface area contributed by atoms with Gasteiger partial charge in [0.1, 0.15) is 0 Å². The standard InChI is InChI=1S/C16H28NO.ClH/c1-5-7-11-14-18-16(17(3,4)6-2)15-12-9-8-10-13-15;/h8-10,12-13,16H,5-7,11,14H2,1-4H3;1H/q+1;/p-1. The van der Waals surface area contributed by atoms with Crippen molar-refractivity contribution in [2.24, 2.45) is 0 Å². The number of nitrogens with zero attached hydrogens (tertiary/aromatic N) is 1. The maximum atomic E-state index is 6.16. The normalized spacial score (nSPS) is 12.8. The second-order valence-corrected chi connectivity index (χ2v) is 5.44. The van der Waals surface area contributed by atoms with Crippen molar-refractivity contribution in [2.75, 3.05) is 27.2 Å². The molecule has 1 aromatic carbocycles. The van der Waals surface area contributed by atoms with E-state index in [0.717, 1.165) is 24.1 Å². The van der Waals surface area contributed by atoms with Crippen LogP contribution < -0.4 is 12.4 Å². The van der Waals surface area contributed by atoms with E-state index in [1.165, 1.54) is 18.4 Å². The molecule has 0 saturated carbocycles. The molecule has 1 unspecified atom stereocenters. The third kappa shape index (κ3) is 5.94. The summed E-state index contributed by atoms with van der Waals surface area (Å²) < 4.78 is 7.03. The zero-order valence-electron chi connectivity index (χ0n) is 12.7. The van der Waals surface area contributed by atoms with E-state index < -0.39 is 0 Å². The van der Waals surface area contributed by atoms with E-state index in [1.807, 2.05) is 0 Å². The molecule has 0 bridgehead atoms. The highest BCUT2D eigenvalue weighted by Crippen LogP contribution is 2.26. The van der Waals surface area contributed by atoms with Crippen LogP contribution in [0.25, 0.3) is 0 Å².